The van der Waals surface area contributed by atoms with Gasteiger partial charge >= 0.3 is 12.9 Å². The van der Waals surface area contributed by atoms with Crippen LogP contribution < -0.4 is 5.32 Å². The monoisotopic (exact) mass is 431 g/mol. The average Bonchev–Trinajstić information content (AvgIpc) is 2.70. The Hall–Kier alpha value is -2.11. The summed E-state index contributed by atoms with van der Waals surface area (Å²) < 4.78 is 39.0. The SMILES string of the molecule is CCCCCCCCCCCCCCNC(=O)c1cccc([N+]#N)c1.F[B-](F)(F)F. The van der Waals surface area contributed by atoms with E-state index in [-0.39, 0.29) is 5.91 Å². The fourth-order valence-electron chi connectivity index (χ4n) is 2.98. The van der Waals surface area contributed by atoms with Crippen LogP contribution in [0.4, 0.5) is 23.0 Å². The highest BCUT2D eigenvalue weighted by Crippen LogP contribution is 2.14. The molecule has 9 heteroatoms. The summed E-state index contributed by atoms with van der Waals surface area (Å²) in [7, 11) is -6.00. The van der Waals surface area contributed by atoms with E-state index in [2.05, 4.69) is 17.2 Å². The largest absolute Gasteiger partial charge is 0.673 e. The summed E-state index contributed by atoms with van der Waals surface area (Å²) >= 11 is 0. The first kappa shape index (κ1) is 27.9. The highest BCUT2D eigenvalue weighted by atomic mass is 19.5. The number of diazo groups is 1. The number of unbranched alkanes of at least 4 members (excludes halogenated alkanes) is 11. The third-order valence-corrected chi connectivity index (χ3v) is 4.54. The Bertz CT molecular complexity index is 615. The van der Waals surface area contributed by atoms with Crippen molar-refractivity contribution in [3.05, 3.63) is 34.8 Å². The molecule has 1 aromatic rings. The number of benzene rings is 1. The van der Waals surface area contributed by atoms with Gasteiger partial charge in [0.1, 0.15) is 0 Å². The zero-order valence-corrected chi connectivity index (χ0v) is 17.9. The molecule has 0 radical (unpaired) electrons. The van der Waals surface area contributed by atoms with Gasteiger partial charge in [-0.3, -0.25) is 4.79 Å². The lowest BCUT2D eigenvalue weighted by atomic mass is 10.1. The molecule has 1 amide bonds. The lowest BCUT2D eigenvalue weighted by Crippen LogP contribution is -2.24. The van der Waals surface area contributed by atoms with Crippen LogP contribution in [0, 0.1) is 5.39 Å². The number of hydrogen-bond donors (Lipinski definition) is 1. The van der Waals surface area contributed by atoms with E-state index in [0.29, 0.717) is 17.8 Å². The summed E-state index contributed by atoms with van der Waals surface area (Å²) in [5.74, 6) is -0.103. The van der Waals surface area contributed by atoms with Crippen LogP contribution in [0.1, 0.15) is 94.3 Å². The van der Waals surface area contributed by atoms with E-state index in [0.717, 1.165) is 6.42 Å². The molecule has 0 atom stereocenters. The fraction of sp³-hybridized carbons (Fsp3) is 0.667. The number of nitrogens with one attached hydrogen (secondary N) is 1. The van der Waals surface area contributed by atoms with Crippen molar-refractivity contribution in [2.24, 2.45) is 0 Å². The summed E-state index contributed by atoms with van der Waals surface area (Å²) in [5.41, 5.74) is 0.937. The van der Waals surface area contributed by atoms with Gasteiger partial charge < -0.3 is 22.6 Å². The van der Waals surface area contributed by atoms with Crippen LogP contribution in [0.3, 0.4) is 0 Å². The van der Waals surface area contributed by atoms with Gasteiger partial charge in [-0.1, -0.05) is 83.6 Å². The smallest absolute Gasteiger partial charge is 0.418 e. The summed E-state index contributed by atoms with van der Waals surface area (Å²) in [6, 6.07) is 6.68. The highest BCUT2D eigenvalue weighted by Gasteiger charge is 2.20. The Kier molecular flexibility index (Phi) is 16.5. The maximum atomic E-state index is 12.0. The maximum absolute atomic E-state index is 12.0. The molecule has 0 saturated heterocycles. The second-order valence-corrected chi connectivity index (χ2v) is 7.29. The molecule has 1 aromatic carbocycles. The van der Waals surface area contributed by atoms with Gasteiger partial charge in [-0.25, -0.2) is 0 Å². The van der Waals surface area contributed by atoms with Crippen molar-refractivity contribution in [3.63, 3.8) is 0 Å². The Morgan fingerprint density at radius 2 is 1.37 bits per heavy atom. The quantitative estimate of drug-likeness (QED) is 0.141. The third kappa shape index (κ3) is 19.2. The molecule has 0 aromatic heterocycles. The van der Waals surface area contributed by atoms with E-state index in [4.69, 9.17) is 5.39 Å². The summed E-state index contributed by atoms with van der Waals surface area (Å²) in [6.07, 6.45) is 15.8. The first-order valence-electron chi connectivity index (χ1n) is 10.9. The number of rotatable bonds is 14. The van der Waals surface area contributed by atoms with Crippen LogP contribution in [-0.2, 0) is 0 Å². The normalized spacial score (nSPS) is 10.7. The van der Waals surface area contributed by atoms with Gasteiger partial charge in [0.05, 0.1) is 0 Å². The van der Waals surface area contributed by atoms with E-state index >= 15 is 0 Å². The van der Waals surface area contributed by atoms with E-state index in [9.17, 15) is 22.1 Å². The van der Waals surface area contributed by atoms with E-state index < -0.39 is 7.25 Å². The van der Waals surface area contributed by atoms with E-state index in [1.165, 1.54) is 70.6 Å². The van der Waals surface area contributed by atoms with Crippen LogP contribution in [-0.4, -0.2) is 19.7 Å². The van der Waals surface area contributed by atoms with Crippen LogP contribution in [0.25, 0.3) is 4.98 Å². The minimum Gasteiger partial charge on any atom is -0.418 e. The van der Waals surface area contributed by atoms with Crippen LogP contribution in [0.15, 0.2) is 24.3 Å². The molecule has 0 aliphatic carbocycles. The summed E-state index contributed by atoms with van der Waals surface area (Å²) in [5, 5.41) is 11.7. The Morgan fingerprint density at radius 1 is 0.900 bits per heavy atom. The molecule has 0 saturated carbocycles. The van der Waals surface area contributed by atoms with E-state index in [1.54, 1.807) is 24.3 Å². The molecule has 1 rings (SSSR count). The van der Waals surface area contributed by atoms with Crippen molar-refractivity contribution >= 4 is 18.8 Å². The Balaban J connectivity index is 0.00000150. The van der Waals surface area contributed by atoms with Gasteiger partial charge in [0.2, 0.25) is 5.39 Å². The van der Waals surface area contributed by atoms with Crippen molar-refractivity contribution in [1.29, 1.82) is 5.39 Å². The molecule has 0 unspecified atom stereocenters. The molecule has 1 N–H and O–H groups in total. The summed E-state index contributed by atoms with van der Waals surface area (Å²) in [4.78, 5) is 15.1. The number of carbonyl (C=O) groups is 1. The van der Waals surface area contributed by atoms with Gasteiger partial charge in [-0.15, -0.1) is 0 Å². The van der Waals surface area contributed by atoms with Gasteiger partial charge in [0.15, 0.2) is 4.98 Å². The molecule has 0 aliphatic heterocycles. The minimum absolute atomic E-state index is 0.103. The van der Waals surface area contributed by atoms with Crippen molar-refractivity contribution < 1.29 is 22.1 Å². The second-order valence-electron chi connectivity index (χ2n) is 7.29. The molecule has 0 heterocycles. The van der Waals surface area contributed by atoms with E-state index in [1.807, 2.05) is 0 Å². The first-order chi connectivity index (χ1) is 14.3. The average molecular weight is 431 g/mol. The fourth-order valence-corrected chi connectivity index (χ4v) is 2.98. The number of nitrogens with zero attached hydrogens (tertiary/aromatic N) is 2. The number of hydrogen-bond acceptors (Lipinski definition) is 2. The minimum atomic E-state index is -6.00. The molecule has 0 bridgehead atoms. The maximum Gasteiger partial charge on any atom is 0.673 e. The van der Waals surface area contributed by atoms with Crippen molar-refractivity contribution in [1.82, 2.24) is 5.32 Å². The lowest BCUT2D eigenvalue weighted by molar-refractivity contribution is 0.0953. The zero-order valence-electron chi connectivity index (χ0n) is 17.9. The molecule has 4 nitrogen and oxygen atoms in total. The van der Waals surface area contributed by atoms with Gasteiger partial charge in [-0.05, 0) is 12.5 Å². The van der Waals surface area contributed by atoms with Crippen molar-refractivity contribution in [2.45, 2.75) is 84.0 Å². The Morgan fingerprint density at radius 3 is 1.83 bits per heavy atom. The highest BCUT2D eigenvalue weighted by molar-refractivity contribution is 6.50. The number of amides is 1. The molecular formula is C21H34BF4N3O. The van der Waals surface area contributed by atoms with Gasteiger partial charge in [0, 0.05) is 24.2 Å². The topological polar surface area (TPSA) is 57.2 Å². The van der Waals surface area contributed by atoms with Crippen LogP contribution in [0.5, 0.6) is 0 Å². The third-order valence-electron chi connectivity index (χ3n) is 4.54. The zero-order chi connectivity index (χ0) is 22.7. The number of carbonyl (C=O) groups excluding carboxylic acids is 1. The molecule has 30 heavy (non-hydrogen) atoms. The molecule has 0 spiro atoms. The predicted octanol–water partition coefficient (Wildman–Crippen LogP) is 7.90. The molecule has 170 valence electrons. The van der Waals surface area contributed by atoms with Crippen molar-refractivity contribution in [2.75, 3.05) is 6.54 Å². The van der Waals surface area contributed by atoms with Gasteiger partial charge in [-0.2, -0.15) is 0 Å². The molecular weight excluding hydrogens is 397 g/mol. The first-order valence-corrected chi connectivity index (χ1v) is 10.9. The Labute approximate surface area is 177 Å². The number of halogens is 4. The molecule has 0 fully saturated rings. The van der Waals surface area contributed by atoms with Crippen LogP contribution >= 0.6 is 0 Å². The molecule has 0 aliphatic rings. The summed E-state index contributed by atoms with van der Waals surface area (Å²) in [6.45, 7) is 2.97. The van der Waals surface area contributed by atoms with Gasteiger partial charge in [0.25, 0.3) is 5.91 Å². The standard InChI is InChI=1S/C21H33N3O.BF4/c1-2-3-4-5-6-7-8-9-10-11-12-13-17-23-21(25)19-15-14-16-20(18-19)24-22;2-1(3,4)5/h14-16,18H,2-13,17H2,1H3;/q;-1/p+1. The second kappa shape index (κ2) is 17.7. The van der Waals surface area contributed by atoms with Crippen LogP contribution in [0.2, 0.25) is 0 Å². The predicted molar refractivity (Wildman–Crippen MR) is 115 cm³/mol. The van der Waals surface area contributed by atoms with Crippen molar-refractivity contribution in [3.8, 4) is 0 Å². The lowest BCUT2D eigenvalue weighted by Gasteiger charge is -2.05.